The summed E-state index contributed by atoms with van der Waals surface area (Å²) in [4.78, 5) is 1.40. The van der Waals surface area contributed by atoms with Gasteiger partial charge in [-0.1, -0.05) is 68.0 Å². The molecule has 4 aromatic carbocycles. The van der Waals surface area contributed by atoms with Crippen molar-refractivity contribution >= 4 is 38.6 Å². The summed E-state index contributed by atoms with van der Waals surface area (Å²) in [6.07, 6.45) is 10.8. The topological polar surface area (TPSA) is 7.45 Å². The zero-order chi connectivity index (χ0) is 27.4. The summed E-state index contributed by atoms with van der Waals surface area (Å²) < 4.78 is 2.60. The van der Waals surface area contributed by atoms with Gasteiger partial charge in [0, 0.05) is 35.8 Å². The van der Waals surface area contributed by atoms with Crippen LogP contribution in [0.4, 0.5) is 11.4 Å². The molecule has 1 N–H and O–H groups in total. The Bertz CT molecular complexity index is 1680. The van der Waals surface area contributed by atoms with Crippen molar-refractivity contribution in [2.45, 2.75) is 64.7 Å². The maximum Gasteiger partial charge on any atom is 0.210 e. The van der Waals surface area contributed by atoms with Gasteiger partial charge in [-0.2, -0.15) is 4.58 Å². The van der Waals surface area contributed by atoms with E-state index in [2.05, 4.69) is 137 Å². The Kier molecular flexibility index (Phi) is 6.35. The number of hydrogen-bond donors (Lipinski definition) is 1. The van der Waals surface area contributed by atoms with Crippen molar-refractivity contribution in [3.63, 3.8) is 0 Å². The van der Waals surface area contributed by atoms with Crippen LogP contribution in [-0.2, 0) is 10.8 Å². The highest BCUT2D eigenvalue weighted by Gasteiger charge is 2.46. The lowest BCUT2D eigenvalue weighted by molar-refractivity contribution is -0.764. The van der Waals surface area contributed by atoms with Crippen molar-refractivity contribution < 1.29 is 9.48 Å². The fraction of sp³-hybridized carbons (Fsp3) is 0.324. The maximum absolute atomic E-state index is 2.60. The standard InChI is InChI=1S/C37H41N2/c1-7-8-13-25-39-31-24-22-27-16-10-12-18-29(27)35(31)37(4,5)33(39)20-14-19-32-36(2,3)34-28-17-11-9-15-26(28)21-23-30(34)38(32)6/h9-12,14-24H,7-8,13,25H2,1-6H3/q+1/p+1. The number of unbranched alkanes of at least 4 members (excludes halogenated alkanes) is 2. The average molecular weight is 515 g/mol. The number of nitrogens with zero attached hydrogens (tertiary/aromatic N) is 1. The molecule has 4 aromatic rings. The van der Waals surface area contributed by atoms with Crippen LogP contribution in [0.3, 0.4) is 0 Å². The van der Waals surface area contributed by atoms with Gasteiger partial charge in [0.1, 0.15) is 17.9 Å². The summed E-state index contributed by atoms with van der Waals surface area (Å²) in [5, 5.41) is 5.41. The molecule has 0 fully saturated rings. The molecule has 2 heterocycles. The van der Waals surface area contributed by atoms with Gasteiger partial charge in [0.2, 0.25) is 5.69 Å². The molecule has 0 saturated heterocycles. The lowest BCUT2D eigenvalue weighted by Crippen LogP contribution is -3.01. The third-order valence-corrected chi connectivity index (χ3v) is 9.29. The molecule has 1 unspecified atom stereocenters. The van der Waals surface area contributed by atoms with Gasteiger partial charge in [0.05, 0.1) is 17.9 Å². The summed E-state index contributed by atoms with van der Waals surface area (Å²) >= 11 is 0. The predicted octanol–water partition coefficient (Wildman–Crippen LogP) is 8.14. The molecule has 0 radical (unpaired) electrons. The molecule has 0 aliphatic carbocycles. The molecule has 0 aromatic heterocycles. The van der Waals surface area contributed by atoms with Crippen LogP contribution in [0.2, 0.25) is 0 Å². The molecule has 2 nitrogen and oxygen atoms in total. The van der Waals surface area contributed by atoms with Gasteiger partial charge in [0.25, 0.3) is 0 Å². The minimum Gasteiger partial charge on any atom is -0.275 e. The largest absolute Gasteiger partial charge is 0.275 e. The Morgan fingerprint density at radius 3 is 2.08 bits per heavy atom. The molecule has 0 bridgehead atoms. The van der Waals surface area contributed by atoms with Gasteiger partial charge >= 0.3 is 0 Å². The summed E-state index contributed by atoms with van der Waals surface area (Å²) in [5.41, 5.74) is 8.41. The van der Waals surface area contributed by atoms with Gasteiger partial charge < -0.3 is 0 Å². The lowest BCUT2D eigenvalue weighted by Gasteiger charge is -2.20. The third kappa shape index (κ3) is 4.00. The first-order chi connectivity index (χ1) is 18.8. The molecule has 0 spiro atoms. The zero-order valence-electron chi connectivity index (χ0n) is 24.4. The highest BCUT2D eigenvalue weighted by molar-refractivity contribution is 6.07. The molecular weight excluding hydrogens is 472 g/mol. The number of benzene rings is 4. The average Bonchev–Trinajstić information content (AvgIpc) is 3.27. The molecular formula is C37H42N2+2. The second-order valence-corrected chi connectivity index (χ2v) is 12.4. The van der Waals surface area contributed by atoms with Crippen molar-refractivity contribution in [3.8, 4) is 0 Å². The maximum atomic E-state index is 2.60. The Morgan fingerprint density at radius 2 is 1.38 bits per heavy atom. The van der Waals surface area contributed by atoms with Gasteiger partial charge in [0.15, 0.2) is 5.71 Å². The van der Waals surface area contributed by atoms with E-state index in [1.165, 1.54) is 79.6 Å². The minimum atomic E-state index is -0.0689. The van der Waals surface area contributed by atoms with E-state index in [9.17, 15) is 0 Å². The number of quaternary nitrogens is 1. The fourth-order valence-corrected chi connectivity index (χ4v) is 7.37. The number of rotatable bonds is 6. The first-order valence-corrected chi connectivity index (χ1v) is 14.7. The van der Waals surface area contributed by atoms with E-state index >= 15 is 0 Å². The number of nitrogens with one attached hydrogen (secondary N) is 1. The van der Waals surface area contributed by atoms with Gasteiger partial charge in [-0.15, -0.1) is 0 Å². The molecule has 2 heteroatoms. The Balaban J connectivity index is 1.43. The zero-order valence-corrected chi connectivity index (χ0v) is 24.4. The smallest absolute Gasteiger partial charge is 0.210 e. The van der Waals surface area contributed by atoms with Crippen LogP contribution >= 0.6 is 0 Å². The molecule has 0 saturated carbocycles. The van der Waals surface area contributed by atoms with E-state index in [0.29, 0.717) is 0 Å². The molecule has 39 heavy (non-hydrogen) atoms. The molecule has 1 atom stereocenters. The highest BCUT2D eigenvalue weighted by atomic mass is 15.2. The van der Waals surface area contributed by atoms with Crippen LogP contribution < -0.4 is 4.90 Å². The number of fused-ring (bicyclic) bond motifs is 6. The van der Waals surface area contributed by atoms with Crippen molar-refractivity contribution in [1.29, 1.82) is 0 Å². The number of allylic oxidation sites excluding steroid dienone is 4. The molecule has 6 rings (SSSR count). The van der Waals surface area contributed by atoms with Crippen LogP contribution in [-0.4, -0.2) is 23.9 Å². The van der Waals surface area contributed by atoms with E-state index in [4.69, 9.17) is 0 Å². The highest BCUT2D eigenvalue weighted by Crippen LogP contribution is 2.45. The normalized spacial score (nSPS) is 20.5. The third-order valence-electron chi connectivity index (χ3n) is 9.29. The van der Waals surface area contributed by atoms with Gasteiger partial charge in [-0.3, -0.25) is 4.90 Å². The first kappa shape index (κ1) is 25.8. The van der Waals surface area contributed by atoms with Crippen LogP contribution in [0.5, 0.6) is 0 Å². The molecule has 0 amide bonds. The van der Waals surface area contributed by atoms with Crippen LogP contribution in [0.15, 0.2) is 96.7 Å². The summed E-state index contributed by atoms with van der Waals surface area (Å²) in [6, 6.07) is 27.0. The summed E-state index contributed by atoms with van der Waals surface area (Å²) in [5.74, 6) is 0. The second-order valence-electron chi connectivity index (χ2n) is 12.4. The van der Waals surface area contributed by atoms with E-state index in [1.54, 1.807) is 0 Å². The van der Waals surface area contributed by atoms with E-state index in [0.717, 1.165) is 6.54 Å². The SMILES string of the molecule is CCCCC[N+]1=C(/C=C/C=C2\[NH+](C)c3ccc4ccccc4c3C2(C)C)C(C)(C)c2c1ccc1ccccc21. The van der Waals surface area contributed by atoms with Gasteiger partial charge in [-0.05, 0) is 73.9 Å². The van der Waals surface area contributed by atoms with E-state index in [1.807, 2.05) is 0 Å². The molecule has 2 aliphatic heterocycles. The Labute approximate surface area is 234 Å². The van der Waals surface area contributed by atoms with Crippen molar-refractivity contribution in [2.24, 2.45) is 0 Å². The van der Waals surface area contributed by atoms with Crippen LogP contribution in [0.1, 0.15) is 65.0 Å². The second kappa shape index (κ2) is 9.61. The van der Waals surface area contributed by atoms with Crippen LogP contribution in [0.25, 0.3) is 21.5 Å². The predicted molar refractivity (Wildman–Crippen MR) is 167 cm³/mol. The quantitative estimate of drug-likeness (QED) is 0.196. The van der Waals surface area contributed by atoms with Crippen molar-refractivity contribution in [2.75, 3.05) is 13.6 Å². The Morgan fingerprint density at radius 1 is 0.744 bits per heavy atom. The lowest BCUT2D eigenvalue weighted by atomic mass is 9.79. The summed E-state index contributed by atoms with van der Waals surface area (Å²) in [7, 11) is 2.30. The molecule has 198 valence electrons. The summed E-state index contributed by atoms with van der Waals surface area (Å²) in [6.45, 7) is 12.9. The van der Waals surface area contributed by atoms with Crippen molar-refractivity contribution in [1.82, 2.24) is 0 Å². The number of hydrogen-bond acceptors (Lipinski definition) is 0. The Hall–Kier alpha value is -3.49. The monoisotopic (exact) mass is 514 g/mol. The van der Waals surface area contributed by atoms with E-state index in [-0.39, 0.29) is 10.8 Å². The minimum absolute atomic E-state index is 0.0412. The fourth-order valence-electron chi connectivity index (χ4n) is 7.37. The number of likely N-dealkylation sites (N-methyl/N-ethyl adjacent to an activating group) is 1. The van der Waals surface area contributed by atoms with Crippen molar-refractivity contribution in [3.05, 3.63) is 108 Å². The molecule has 2 aliphatic rings. The van der Waals surface area contributed by atoms with Gasteiger partial charge in [-0.25, -0.2) is 0 Å². The first-order valence-electron chi connectivity index (χ1n) is 14.7. The van der Waals surface area contributed by atoms with E-state index < -0.39 is 0 Å². The van der Waals surface area contributed by atoms with Crippen LogP contribution in [0, 0.1) is 0 Å².